The van der Waals surface area contributed by atoms with Gasteiger partial charge in [-0.15, -0.1) is 0 Å². The zero-order valence-corrected chi connectivity index (χ0v) is 18.3. The minimum absolute atomic E-state index is 0.0250. The fourth-order valence-corrected chi connectivity index (χ4v) is 8.31. The normalized spacial score (nSPS) is 13.0. The Balaban J connectivity index is 2.19. The molecule has 2 aromatic carbocycles. The second-order valence-corrected chi connectivity index (χ2v) is 12.4. The van der Waals surface area contributed by atoms with Crippen molar-refractivity contribution in [2.45, 2.75) is 51.5 Å². The zero-order valence-electron chi connectivity index (χ0n) is 17.3. The van der Waals surface area contributed by atoms with Crippen molar-refractivity contribution in [2.24, 2.45) is 0 Å². The van der Waals surface area contributed by atoms with Crippen LogP contribution < -0.4 is 10.4 Å². The maximum atomic E-state index is 13.4. The smallest absolute Gasteiger partial charge is 0.261 e. The van der Waals surface area contributed by atoms with Crippen LogP contribution in [0, 0.1) is 0 Å². The van der Waals surface area contributed by atoms with E-state index < -0.39 is 8.32 Å². The maximum Gasteiger partial charge on any atom is 0.261 e. The van der Waals surface area contributed by atoms with Gasteiger partial charge in [-0.1, -0.05) is 87.5 Å². The molecule has 1 N–H and O–H groups in total. The standard InChI is InChI=1S/C24H33FO2Si/c1-24(2,3)28(22-14-8-4-9-15-22,23-16-10-5-11-17-23)27-20-12-6-7-13-21(25)18-19-26/h4-5,8-11,13-17,26H,6-7,12,18-20H2,1-3H3/b21-13-. The van der Waals surface area contributed by atoms with E-state index in [0.717, 1.165) is 12.8 Å². The molecule has 0 amide bonds. The molecule has 0 saturated heterocycles. The molecule has 0 aliphatic rings. The van der Waals surface area contributed by atoms with E-state index in [2.05, 4.69) is 69.3 Å². The van der Waals surface area contributed by atoms with E-state index in [1.807, 2.05) is 12.1 Å². The van der Waals surface area contributed by atoms with Crippen molar-refractivity contribution in [3.63, 3.8) is 0 Å². The molecule has 0 aliphatic carbocycles. The van der Waals surface area contributed by atoms with Crippen LogP contribution >= 0.6 is 0 Å². The molecule has 0 radical (unpaired) electrons. The molecule has 0 unspecified atom stereocenters. The summed E-state index contributed by atoms with van der Waals surface area (Å²) in [6.07, 6.45) is 4.12. The van der Waals surface area contributed by atoms with Crippen LogP contribution in [0.3, 0.4) is 0 Å². The summed E-state index contributed by atoms with van der Waals surface area (Å²) in [5, 5.41) is 11.3. The number of hydrogen-bond donors (Lipinski definition) is 1. The summed E-state index contributed by atoms with van der Waals surface area (Å²) >= 11 is 0. The number of rotatable bonds is 10. The molecule has 0 spiro atoms. The molecule has 4 heteroatoms. The van der Waals surface area contributed by atoms with E-state index >= 15 is 0 Å². The van der Waals surface area contributed by atoms with Crippen molar-refractivity contribution in [3.05, 3.63) is 72.6 Å². The summed E-state index contributed by atoms with van der Waals surface area (Å²) in [4.78, 5) is 0. The van der Waals surface area contributed by atoms with Gasteiger partial charge in [0.1, 0.15) is 0 Å². The number of aliphatic hydroxyl groups excluding tert-OH is 1. The van der Waals surface area contributed by atoms with Crippen molar-refractivity contribution >= 4 is 18.7 Å². The third-order valence-electron chi connectivity index (χ3n) is 5.05. The van der Waals surface area contributed by atoms with Crippen molar-refractivity contribution in [1.29, 1.82) is 0 Å². The predicted molar refractivity (Wildman–Crippen MR) is 118 cm³/mol. The van der Waals surface area contributed by atoms with Crippen LogP contribution in [0.25, 0.3) is 0 Å². The second kappa shape index (κ2) is 10.7. The maximum absolute atomic E-state index is 13.4. The van der Waals surface area contributed by atoms with Gasteiger partial charge in [0.05, 0.1) is 5.83 Å². The van der Waals surface area contributed by atoms with Crippen molar-refractivity contribution in [2.75, 3.05) is 13.2 Å². The van der Waals surface area contributed by atoms with Gasteiger partial charge in [0.2, 0.25) is 0 Å². The van der Waals surface area contributed by atoms with Crippen molar-refractivity contribution < 1.29 is 13.9 Å². The average Bonchev–Trinajstić information content (AvgIpc) is 2.68. The van der Waals surface area contributed by atoms with E-state index in [0.29, 0.717) is 13.0 Å². The molecule has 2 aromatic rings. The van der Waals surface area contributed by atoms with Crippen LogP contribution in [-0.2, 0) is 4.43 Å². The van der Waals surface area contributed by atoms with Crippen LogP contribution in [0.4, 0.5) is 4.39 Å². The molecule has 0 atom stereocenters. The van der Waals surface area contributed by atoms with E-state index in [4.69, 9.17) is 9.53 Å². The Morgan fingerprint density at radius 1 is 0.964 bits per heavy atom. The molecule has 0 aromatic heterocycles. The highest BCUT2D eigenvalue weighted by molar-refractivity contribution is 6.99. The number of benzene rings is 2. The Labute approximate surface area is 170 Å². The van der Waals surface area contributed by atoms with Gasteiger partial charge in [0.25, 0.3) is 8.32 Å². The van der Waals surface area contributed by atoms with E-state index in [9.17, 15) is 4.39 Å². The van der Waals surface area contributed by atoms with Crippen LogP contribution in [0.2, 0.25) is 5.04 Å². The Kier molecular flexibility index (Phi) is 8.61. The first-order valence-corrected chi connectivity index (χ1v) is 12.0. The number of hydrogen-bond acceptors (Lipinski definition) is 2. The van der Waals surface area contributed by atoms with Crippen LogP contribution in [-0.4, -0.2) is 26.6 Å². The second-order valence-electron chi connectivity index (χ2n) is 8.13. The minimum atomic E-state index is -2.47. The summed E-state index contributed by atoms with van der Waals surface area (Å²) in [6.45, 7) is 7.33. The Morgan fingerprint density at radius 2 is 1.50 bits per heavy atom. The molecule has 0 bridgehead atoms. The van der Waals surface area contributed by atoms with Crippen LogP contribution in [0.15, 0.2) is 72.6 Å². The van der Waals surface area contributed by atoms with Gasteiger partial charge in [-0.2, -0.15) is 0 Å². The number of aliphatic hydroxyl groups is 1. The average molecular weight is 401 g/mol. The zero-order chi connectivity index (χ0) is 20.5. The molecule has 0 aliphatic heterocycles. The van der Waals surface area contributed by atoms with Gasteiger partial charge in [-0.3, -0.25) is 0 Å². The monoisotopic (exact) mass is 400 g/mol. The molecule has 2 rings (SSSR count). The number of halogens is 1. The molecular weight excluding hydrogens is 367 g/mol. The topological polar surface area (TPSA) is 29.5 Å². The molecule has 0 heterocycles. The first-order chi connectivity index (χ1) is 13.4. The first-order valence-electron chi connectivity index (χ1n) is 10.1. The molecule has 0 fully saturated rings. The molecule has 0 saturated carbocycles. The van der Waals surface area contributed by atoms with E-state index in [1.165, 1.54) is 10.4 Å². The summed E-state index contributed by atoms with van der Waals surface area (Å²) in [5.74, 6) is -0.226. The summed E-state index contributed by atoms with van der Waals surface area (Å²) < 4.78 is 20.2. The first kappa shape index (κ1) is 22.5. The lowest BCUT2D eigenvalue weighted by Gasteiger charge is -2.43. The molecule has 2 nitrogen and oxygen atoms in total. The van der Waals surface area contributed by atoms with Gasteiger partial charge in [0.15, 0.2) is 0 Å². The molecular formula is C24H33FO2Si. The third kappa shape index (κ3) is 5.63. The lowest BCUT2D eigenvalue weighted by atomic mass is 10.2. The summed E-state index contributed by atoms with van der Waals surface area (Å²) in [5.41, 5.74) is 0. The highest BCUT2D eigenvalue weighted by Crippen LogP contribution is 2.36. The summed E-state index contributed by atoms with van der Waals surface area (Å²) in [7, 11) is -2.47. The van der Waals surface area contributed by atoms with Gasteiger partial charge in [-0.05, 0) is 34.7 Å². The van der Waals surface area contributed by atoms with Gasteiger partial charge < -0.3 is 9.53 Å². The summed E-state index contributed by atoms with van der Waals surface area (Å²) in [6, 6.07) is 21.2. The predicted octanol–water partition coefficient (Wildman–Crippen LogP) is 4.97. The lowest BCUT2D eigenvalue weighted by Crippen LogP contribution is -2.66. The Hall–Kier alpha value is -1.75. The van der Waals surface area contributed by atoms with Crippen LogP contribution in [0.5, 0.6) is 0 Å². The quantitative estimate of drug-likeness (QED) is 0.451. The fourth-order valence-electron chi connectivity index (χ4n) is 3.70. The van der Waals surface area contributed by atoms with Gasteiger partial charge in [-0.25, -0.2) is 4.39 Å². The van der Waals surface area contributed by atoms with Crippen LogP contribution in [0.1, 0.15) is 46.5 Å². The Bertz CT molecular complexity index is 684. The van der Waals surface area contributed by atoms with Crippen molar-refractivity contribution in [3.8, 4) is 0 Å². The highest BCUT2D eigenvalue weighted by atomic mass is 28.4. The number of unbranched alkanes of at least 4 members (excludes halogenated alkanes) is 2. The minimum Gasteiger partial charge on any atom is -0.407 e. The SMILES string of the molecule is CC(C)(C)[Si](OCCCC/C=C(\F)CCO)(c1ccccc1)c1ccccc1. The molecule has 152 valence electrons. The molecule has 28 heavy (non-hydrogen) atoms. The largest absolute Gasteiger partial charge is 0.407 e. The van der Waals surface area contributed by atoms with Crippen molar-refractivity contribution in [1.82, 2.24) is 0 Å². The fraction of sp³-hybridized carbons (Fsp3) is 0.417. The van der Waals surface area contributed by atoms with Gasteiger partial charge in [0, 0.05) is 19.6 Å². The van der Waals surface area contributed by atoms with E-state index in [1.54, 1.807) is 6.08 Å². The number of allylic oxidation sites excluding steroid dienone is 1. The van der Waals surface area contributed by atoms with E-state index in [-0.39, 0.29) is 23.9 Å². The van der Waals surface area contributed by atoms with Gasteiger partial charge >= 0.3 is 0 Å². The third-order valence-corrected chi connectivity index (χ3v) is 10.1. The Morgan fingerprint density at radius 3 is 1.96 bits per heavy atom. The highest BCUT2D eigenvalue weighted by Gasteiger charge is 2.49. The lowest BCUT2D eigenvalue weighted by molar-refractivity contribution is 0.285.